The lowest BCUT2D eigenvalue weighted by atomic mass is 9.99. The molecule has 0 radical (unpaired) electrons. The molecule has 9 heteroatoms. The number of aromatic nitrogens is 1. The van der Waals surface area contributed by atoms with Gasteiger partial charge in [-0.15, -0.1) is 24.0 Å². The van der Waals surface area contributed by atoms with Crippen LogP contribution in [0.25, 0.3) is 0 Å². The number of sulfone groups is 1. The summed E-state index contributed by atoms with van der Waals surface area (Å²) < 4.78 is 27.6. The smallest absolute Gasteiger partial charge is 0.191 e. The Hall–Kier alpha value is -0.840. The third kappa shape index (κ3) is 10.0. The molecule has 0 saturated heterocycles. The fraction of sp³-hybridized carbons (Fsp3) is 0.750. The lowest BCUT2D eigenvalue weighted by Gasteiger charge is -2.10. The summed E-state index contributed by atoms with van der Waals surface area (Å²) in [4.78, 5) is 4.45. The van der Waals surface area contributed by atoms with Crippen molar-refractivity contribution in [3.05, 3.63) is 17.5 Å². The molecule has 0 unspecified atom stereocenters. The van der Waals surface area contributed by atoms with Crippen LogP contribution in [0.15, 0.2) is 15.6 Å². The molecular weight excluding hydrogens is 455 g/mol. The van der Waals surface area contributed by atoms with Crippen molar-refractivity contribution in [2.75, 3.05) is 25.1 Å². The van der Waals surface area contributed by atoms with E-state index in [9.17, 15) is 8.42 Å². The second-order valence-corrected chi connectivity index (χ2v) is 8.10. The van der Waals surface area contributed by atoms with E-state index in [1.165, 1.54) is 6.26 Å². The van der Waals surface area contributed by atoms with Gasteiger partial charge in [0.1, 0.15) is 16.4 Å². The van der Waals surface area contributed by atoms with Gasteiger partial charge in [0.2, 0.25) is 0 Å². The van der Waals surface area contributed by atoms with E-state index in [0.29, 0.717) is 31.4 Å². The zero-order valence-electron chi connectivity index (χ0n) is 15.5. The Morgan fingerprint density at radius 2 is 1.96 bits per heavy atom. The summed E-state index contributed by atoms with van der Waals surface area (Å²) >= 11 is 0. The minimum Gasteiger partial charge on any atom is -0.359 e. The molecule has 0 aliphatic heterocycles. The molecule has 0 saturated carbocycles. The van der Waals surface area contributed by atoms with Crippen molar-refractivity contribution in [2.45, 2.75) is 52.5 Å². The maximum absolute atomic E-state index is 11.1. The van der Waals surface area contributed by atoms with Gasteiger partial charge in [0.15, 0.2) is 11.7 Å². The summed E-state index contributed by atoms with van der Waals surface area (Å²) in [5.41, 5.74) is 0.983. The number of nitrogens with zero attached hydrogens (tertiary/aromatic N) is 2. The monoisotopic (exact) mass is 486 g/mol. The fourth-order valence-corrected chi connectivity index (χ4v) is 3.01. The van der Waals surface area contributed by atoms with Crippen molar-refractivity contribution < 1.29 is 12.9 Å². The van der Waals surface area contributed by atoms with Crippen LogP contribution in [-0.2, 0) is 16.4 Å². The van der Waals surface area contributed by atoms with E-state index >= 15 is 0 Å². The number of aliphatic imine (C=N–C) groups is 1. The van der Waals surface area contributed by atoms with Gasteiger partial charge in [-0.3, -0.25) is 0 Å². The number of rotatable bonds is 10. The summed E-state index contributed by atoms with van der Waals surface area (Å²) in [5.74, 6) is 1.96. The van der Waals surface area contributed by atoms with E-state index in [1.807, 2.05) is 13.0 Å². The van der Waals surface area contributed by atoms with Gasteiger partial charge in [-0.2, -0.15) is 0 Å². The van der Waals surface area contributed by atoms with Crippen molar-refractivity contribution in [2.24, 2.45) is 4.99 Å². The summed E-state index contributed by atoms with van der Waals surface area (Å²) in [7, 11) is -2.92. The van der Waals surface area contributed by atoms with Crippen LogP contribution in [0.4, 0.5) is 0 Å². The third-order valence-corrected chi connectivity index (χ3v) is 4.73. The van der Waals surface area contributed by atoms with Gasteiger partial charge in [-0.25, -0.2) is 13.4 Å². The number of halogens is 1. The van der Waals surface area contributed by atoms with E-state index < -0.39 is 9.84 Å². The SMILES string of the molecule is CCNC(=NCc1cc(C(CC)CC)no1)NCCCS(C)(=O)=O.I. The summed E-state index contributed by atoms with van der Waals surface area (Å²) in [6, 6.07) is 1.97. The van der Waals surface area contributed by atoms with Crippen LogP contribution in [0, 0.1) is 0 Å². The maximum atomic E-state index is 11.1. The average molecular weight is 486 g/mol. The van der Waals surface area contributed by atoms with E-state index in [1.54, 1.807) is 0 Å². The Labute approximate surface area is 168 Å². The lowest BCUT2D eigenvalue weighted by Crippen LogP contribution is -2.38. The van der Waals surface area contributed by atoms with Gasteiger partial charge in [0.05, 0.1) is 11.4 Å². The second kappa shape index (κ2) is 12.5. The molecule has 1 heterocycles. The molecule has 1 aromatic heterocycles. The molecule has 0 aliphatic rings. The zero-order chi connectivity index (χ0) is 18.0. The van der Waals surface area contributed by atoms with E-state index in [-0.39, 0.29) is 29.7 Å². The summed E-state index contributed by atoms with van der Waals surface area (Å²) in [6.45, 7) is 7.94. The number of nitrogens with one attached hydrogen (secondary N) is 2. The Kier molecular flexibility index (Phi) is 12.1. The van der Waals surface area contributed by atoms with E-state index in [4.69, 9.17) is 4.52 Å². The molecule has 1 aromatic rings. The van der Waals surface area contributed by atoms with Crippen molar-refractivity contribution in [1.29, 1.82) is 0 Å². The lowest BCUT2D eigenvalue weighted by molar-refractivity contribution is 0.372. The predicted molar refractivity (Wildman–Crippen MR) is 112 cm³/mol. The Bertz CT molecular complexity index is 613. The first-order valence-electron chi connectivity index (χ1n) is 8.54. The van der Waals surface area contributed by atoms with Crippen LogP contribution in [0.5, 0.6) is 0 Å². The largest absolute Gasteiger partial charge is 0.359 e. The zero-order valence-corrected chi connectivity index (χ0v) is 18.7. The topological polar surface area (TPSA) is 96.6 Å². The highest BCUT2D eigenvalue weighted by molar-refractivity contribution is 14.0. The van der Waals surface area contributed by atoms with Gasteiger partial charge < -0.3 is 15.2 Å². The number of guanidine groups is 1. The molecule has 7 nitrogen and oxygen atoms in total. The standard InChI is InChI=1S/C16H30N4O3S.HI/c1-5-13(6-2)15-11-14(23-20-15)12-19-16(17-7-3)18-9-8-10-24(4,21)22;/h11,13H,5-10,12H2,1-4H3,(H2,17,18,19);1H. The fourth-order valence-electron chi connectivity index (χ4n) is 2.34. The van der Waals surface area contributed by atoms with Crippen LogP contribution in [0.1, 0.15) is 57.4 Å². The highest BCUT2D eigenvalue weighted by Crippen LogP contribution is 2.22. The van der Waals surface area contributed by atoms with Gasteiger partial charge in [-0.1, -0.05) is 19.0 Å². The predicted octanol–water partition coefficient (Wildman–Crippen LogP) is 2.69. The molecule has 1 rings (SSSR count). The van der Waals surface area contributed by atoms with Crippen molar-refractivity contribution >= 4 is 39.8 Å². The quantitative estimate of drug-likeness (QED) is 0.229. The maximum Gasteiger partial charge on any atom is 0.191 e. The van der Waals surface area contributed by atoms with Crippen molar-refractivity contribution in [3.8, 4) is 0 Å². The molecular formula is C16H31IN4O3S. The first kappa shape index (κ1) is 24.2. The average Bonchev–Trinajstić information content (AvgIpc) is 2.98. The van der Waals surface area contributed by atoms with Gasteiger partial charge in [0, 0.05) is 31.3 Å². The highest BCUT2D eigenvalue weighted by atomic mass is 127. The highest BCUT2D eigenvalue weighted by Gasteiger charge is 2.12. The molecule has 2 N–H and O–H groups in total. The number of hydrogen-bond donors (Lipinski definition) is 2. The normalized spacial score (nSPS) is 12.1. The van der Waals surface area contributed by atoms with Crippen LogP contribution in [-0.4, -0.2) is 44.6 Å². The van der Waals surface area contributed by atoms with Crippen LogP contribution >= 0.6 is 24.0 Å². The summed E-state index contributed by atoms with van der Waals surface area (Å²) in [5, 5.41) is 10.4. The molecule has 0 aliphatic carbocycles. The molecule has 0 amide bonds. The van der Waals surface area contributed by atoms with Crippen LogP contribution < -0.4 is 10.6 Å². The molecule has 146 valence electrons. The number of hydrogen-bond acceptors (Lipinski definition) is 5. The van der Waals surface area contributed by atoms with E-state index in [2.05, 4.69) is 34.6 Å². The minimum atomic E-state index is -2.92. The third-order valence-electron chi connectivity index (χ3n) is 3.70. The molecule has 25 heavy (non-hydrogen) atoms. The van der Waals surface area contributed by atoms with Crippen LogP contribution in [0.3, 0.4) is 0 Å². The summed E-state index contributed by atoms with van der Waals surface area (Å²) in [6.07, 6.45) is 3.87. The van der Waals surface area contributed by atoms with Crippen molar-refractivity contribution in [3.63, 3.8) is 0 Å². The molecule has 0 aromatic carbocycles. The second-order valence-electron chi connectivity index (χ2n) is 5.84. The first-order valence-corrected chi connectivity index (χ1v) is 10.6. The van der Waals surface area contributed by atoms with Crippen molar-refractivity contribution in [1.82, 2.24) is 15.8 Å². The minimum absolute atomic E-state index is 0. The first-order chi connectivity index (χ1) is 11.4. The van der Waals surface area contributed by atoms with Gasteiger partial charge >= 0.3 is 0 Å². The molecule has 0 fully saturated rings. The molecule has 0 atom stereocenters. The van der Waals surface area contributed by atoms with Gasteiger partial charge in [0.25, 0.3) is 0 Å². The molecule has 0 bridgehead atoms. The van der Waals surface area contributed by atoms with Crippen LogP contribution in [0.2, 0.25) is 0 Å². The van der Waals surface area contributed by atoms with E-state index in [0.717, 1.165) is 30.8 Å². The molecule has 0 spiro atoms. The Morgan fingerprint density at radius 3 is 2.52 bits per heavy atom. The Morgan fingerprint density at radius 1 is 1.28 bits per heavy atom. The van der Waals surface area contributed by atoms with Gasteiger partial charge in [-0.05, 0) is 26.2 Å². The Balaban J connectivity index is 0.00000576.